The number of hydrogen-bond acceptors (Lipinski definition) is 3. The van der Waals surface area contributed by atoms with Gasteiger partial charge in [0.05, 0.1) is 7.11 Å². The van der Waals surface area contributed by atoms with E-state index in [2.05, 4.69) is 0 Å². The van der Waals surface area contributed by atoms with Crippen LogP contribution in [0.3, 0.4) is 0 Å². The predicted octanol–water partition coefficient (Wildman–Crippen LogP) is 2.57. The van der Waals surface area contributed by atoms with Crippen LogP contribution in [-0.4, -0.2) is 25.6 Å². The minimum atomic E-state index is 0.167. The first kappa shape index (κ1) is 14.9. The van der Waals surface area contributed by atoms with Crippen LogP contribution in [0.5, 0.6) is 5.75 Å². The lowest BCUT2D eigenvalue weighted by atomic mass is 9.99. The first-order valence-corrected chi connectivity index (χ1v) is 7.35. The van der Waals surface area contributed by atoms with Gasteiger partial charge < -0.3 is 15.4 Å². The van der Waals surface area contributed by atoms with Gasteiger partial charge in [-0.2, -0.15) is 0 Å². The fourth-order valence-electron chi connectivity index (χ4n) is 2.92. The van der Waals surface area contributed by atoms with Crippen molar-refractivity contribution in [2.24, 2.45) is 11.7 Å². The van der Waals surface area contributed by atoms with Gasteiger partial charge >= 0.3 is 0 Å². The Morgan fingerprint density at radius 2 is 2.05 bits per heavy atom. The van der Waals surface area contributed by atoms with Gasteiger partial charge in [-0.05, 0) is 49.9 Å². The highest BCUT2D eigenvalue weighted by molar-refractivity contribution is 5.93. The molecule has 1 fully saturated rings. The lowest BCUT2D eigenvalue weighted by molar-refractivity contribution is -0.119. The van der Waals surface area contributed by atoms with Crippen LogP contribution in [0.4, 0.5) is 5.69 Å². The number of nitrogens with zero attached hydrogens (tertiary/aromatic N) is 1. The molecule has 4 heteroatoms. The molecule has 0 radical (unpaired) electrons. The second-order valence-corrected chi connectivity index (χ2v) is 5.39. The first-order chi connectivity index (χ1) is 9.65. The molecule has 1 amide bonds. The summed E-state index contributed by atoms with van der Waals surface area (Å²) in [4.78, 5) is 14.3. The van der Waals surface area contributed by atoms with Crippen LogP contribution in [-0.2, 0) is 4.79 Å². The van der Waals surface area contributed by atoms with E-state index in [1.165, 1.54) is 0 Å². The molecule has 1 saturated carbocycles. The van der Waals surface area contributed by atoms with Crippen molar-refractivity contribution in [3.8, 4) is 5.75 Å². The molecule has 0 aromatic heterocycles. The van der Waals surface area contributed by atoms with Crippen LogP contribution in [0.25, 0.3) is 0 Å². The maximum absolute atomic E-state index is 12.5. The molecule has 20 heavy (non-hydrogen) atoms. The number of ether oxygens (including phenoxy) is 1. The number of rotatable bonds is 5. The number of nitrogens with two attached hydrogens (primary N) is 1. The monoisotopic (exact) mass is 276 g/mol. The lowest BCUT2D eigenvalue weighted by Gasteiger charge is -2.24. The van der Waals surface area contributed by atoms with Crippen LogP contribution < -0.4 is 15.4 Å². The van der Waals surface area contributed by atoms with Crippen molar-refractivity contribution in [3.05, 3.63) is 24.3 Å². The Hall–Kier alpha value is -1.55. The summed E-state index contributed by atoms with van der Waals surface area (Å²) in [6, 6.07) is 7.80. The Morgan fingerprint density at radius 3 is 2.55 bits per heavy atom. The van der Waals surface area contributed by atoms with E-state index >= 15 is 0 Å². The second-order valence-electron chi connectivity index (χ2n) is 5.39. The van der Waals surface area contributed by atoms with Gasteiger partial charge in [0.2, 0.25) is 5.91 Å². The van der Waals surface area contributed by atoms with Gasteiger partial charge in [-0.3, -0.25) is 4.79 Å². The number of benzene rings is 1. The molecule has 0 bridgehead atoms. The van der Waals surface area contributed by atoms with Crippen molar-refractivity contribution < 1.29 is 9.53 Å². The molecule has 2 N–H and O–H groups in total. The zero-order chi connectivity index (χ0) is 14.5. The summed E-state index contributed by atoms with van der Waals surface area (Å²) in [6.07, 6.45) is 3.83. The van der Waals surface area contributed by atoms with Crippen LogP contribution in [0.2, 0.25) is 0 Å². The van der Waals surface area contributed by atoms with Crippen LogP contribution >= 0.6 is 0 Å². The Morgan fingerprint density at radius 1 is 1.35 bits per heavy atom. The van der Waals surface area contributed by atoms with E-state index in [1.54, 1.807) is 7.11 Å². The normalized spacial score (nSPS) is 21.8. The van der Waals surface area contributed by atoms with Gasteiger partial charge in [0, 0.05) is 24.7 Å². The van der Waals surface area contributed by atoms with Gasteiger partial charge in [0.15, 0.2) is 0 Å². The summed E-state index contributed by atoms with van der Waals surface area (Å²) >= 11 is 0. The molecular weight excluding hydrogens is 252 g/mol. The summed E-state index contributed by atoms with van der Waals surface area (Å²) in [6.45, 7) is 2.67. The fraction of sp³-hybridized carbons (Fsp3) is 0.562. The van der Waals surface area contributed by atoms with E-state index < -0.39 is 0 Å². The Balaban J connectivity index is 2.04. The topological polar surface area (TPSA) is 55.6 Å². The predicted molar refractivity (Wildman–Crippen MR) is 81.0 cm³/mol. The zero-order valence-corrected chi connectivity index (χ0v) is 12.3. The SMILES string of the molecule is CCN(C(=O)C[C@@H]1CCC[C@H]1N)c1ccc(OC)cc1. The van der Waals surface area contributed by atoms with E-state index in [0.29, 0.717) is 18.9 Å². The van der Waals surface area contributed by atoms with E-state index in [4.69, 9.17) is 10.5 Å². The highest BCUT2D eigenvalue weighted by atomic mass is 16.5. The van der Waals surface area contributed by atoms with Crippen molar-refractivity contribution >= 4 is 11.6 Å². The maximum Gasteiger partial charge on any atom is 0.227 e. The number of carbonyl (C=O) groups excluding carboxylic acids is 1. The summed E-state index contributed by atoms with van der Waals surface area (Å²) in [5.74, 6) is 1.31. The minimum Gasteiger partial charge on any atom is -0.497 e. The number of hydrogen-bond donors (Lipinski definition) is 1. The smallest absolute Gasteiger partial charge is 0.227 e. The van der Waals surface area contributed by atoms with Crippen LogP contribution in [0.1, 0.15) is 32.6 Å². The van der Waals surface area contributed by atoms with Crippen molar-refractivity contribution in [1.82, 2.24) is 0 Å². The third kappa shape index (κ3) is 3.31. The van der Waals surface area contributed by atoms with Crippen LogP contribution in [0.15, 0.2) is 24.3 Å². The van der Waals surface area contributed by atoms with Crippen molar-refractivity contribution in [1.29, 1.82) is 0 Å². The van der Waals surface area contributed by atoms with Crippen molar-refractivity contribution in [2.75, 3.05) is 18.6 Å². The molecule has 0 heterocycles. The van der Waals surface area contributed by atoms with Gasteiger partial charge in [0.25, 0.3) is 0 Å². The molecule has 2 rings (SSSR count). The summed E-state index contributed by atoms with van der Waals surface area (Å²) in [5, 5.41) is 0. The number of amides is 1. The number of carbonyl (C=O) groups is 1. The van der Waals surface area contributed by atoms with E-state index in [1.807, 2.05) is 36.1 Å². The van der Waals surface area contributed by atoms with Gasteiger partial charge in [-0.25, -0.2) is 0 Å². The minimum absolute atomic E-state index is 0.167. The Labute approximate surface area is 120 Å². The third-order valence-electron chi connectivity index (χ3n) is 4.16. The van der Waals surface area contributed by atoms with E-state index in [9.17, 15) is 4.79 Å². The molecule has 1 aliphatic carbocycles. The molecular formula is C16H24N2O2. The van der Waals surface area contributed by atoms with Crippen molar-refractivity contribution in [2.45, 2.75) is 38.6 Å². The molecule has 2 atom stereocenters. The quantitative estimate of drug-likeness (QED) is 0.899. The Kier molecular flexibility index (Phi) is 5.01. The van der Waals surface area contributed by atoms with Gasteiger partial charge in [-0.15, -0.1) is 0 Å². The van der Waals surface area contributed by atoms with Crippen molar-refractivity contribution in [3.63, 3.8) is 0 Å². The highest BCUT2D eigenvalue weighted by Gasteiger charge is 2.28. The van der Waals surface area contributed by atoms with Crippen LogP contribution in [0, 0.1) is 5.92 Å². The van der Waals surface area contributed by atoms with Gasteiger partial charge in [-0.1, -0.05) is 6.42 Å². The molecule has 110 valence electrons. The number of anilines is 1. The molecule has 0 saturated heterocycles. The third-order valence-corrected chi connectivity index (χ3v) is 4.16. The summed E-state index contributed by atoms with van der Waals surface area (Å²) in [5.41, 5.74) is 6.98. The first-order valence-electron chi connectivity index (χ1n) is 7.35. The Bertz CT molecular complexity index is 444. The zero-order valence-electron chi connectivity index (χ0n) is 12.3. The summed E-state index contributed by atoms with van der Waals surface area (Å²) < 4.78 is 5.14. The summed E-state index contributed by atoms with van der Waals surface area (Å²) in [7, 11) is 1.64. The molecule has 0 unspecified atom stereocenters. The lowest BCUT2D eigenvalue weighted by Crippen LogP contribution is -2.35. The fourth-order valence-corrected chi connectivity index (χ4v) is 2.92. The average molecular weight is 276 g/mol. The molecule has 1 aromatic rings. The number of methoxy groups -OCH3 is 1. The van der Waals surface area contributed by atoms with Gasteiger partial charge in [0.1, 0.15) is 5.75 Å². The molecule has 0 aliphatic heterocycles. The molecule has 0 spiro atoms. The largest absolute Gasteiger partial charge is 0.497 e. The standard InChI is InChI=1S/C16H24N2O2/c1-3-18(13-7-9-14(20-2)10-8-13)16(19)11-12-5-4-6-15(12)17/h7-10,12,15H,3-6,11,17H2,1-2H3/t12-,15+/m0/s1. The molecule has 4 nitrogen and oxygen atoms in total. The van der Waals surface area contributed by atoms with E-state index in [0.717, 1.165) is 30.7 Å². The highest BCUT2D eigenvalue weighted by Crippen LogP contribution is 2.28. The molecule has 1 aliphatic rings. The van der Waals surface area contributed by atoms with E-state index in [-0.39, 0.29) is 11.9 Å². The second kappa shape index (κ2) is 6.75. The average Bonchev–Trinajstić information content (AvgIpc) is 2.86. The molecule has 1 aromatic carbocycles. The maximum atomic E-state index is 12.5.